The predicted octanol–water partition coefficient (Wildman–Crippen LogP) is 7.84. The van der Waals surface area contributed by atoms with Crippen LogP contribution in [0.15, 0.2) is 97.1 Å². The summed E-state index contributed by atoms with van der Waals surface area (Å²) in [6, 6.07) is 27.5. The van der Waals surface area contributed by atoms with Crippen molar-refractivity contribution in [2.75, 3.05) is 32.9 Å². The second-order valence-electron chi connectivity index (χ2n) is 10.7. The normalized spacial score (nSPS) is 13.2. The Kier molecular flexibility index (Phi) is 12.1. The number of alkyl halides is 2. The molecular formula is C33H32Cl4N2O5S2. The Hall–Kier alpha value is -2.79. The number of hydrogen-bond donors (Lipinski definition) is 0. The fourth-order valence-corrected chi connectivity index (χ4v) is 8.02. The van der Waals surface area contributed by atoms with Gasteiger partial charge >= 0.3 is 0 Å². The zero-order valence-electron chi connectivity index (χ0n) is 25.0. The molecule has 0 spiro atoms. The highest BCUT2D eigenvalue weighted by Crippen LogP contribution is 2.38. The molecule has 7 nitrogen and oxygen atoms in total. The summed E-state index contributed by atoms with van der Waals surface area (Å²) in [5.41, 5.74) is 2.80. The predicted molar refractivity (Wildman–Crippen MR) is 190 cm³/mol. The number of carbonyl (C=O) groups excluding carboxylic acids is 1. The summed E-state index contributed by atoms with van der Waals surface area (Å²) in [5.74, 6) is -2.39. The van der Waals surface area contributed by atoms with E-state index in [1.807, 2.05) is 12.1 Å². The summed E-state index contributed by atoms with van der Waals surface area (Å²) in [6.45, 7) is 0.0556. The summed E-state index contributed by atoms with van der Waals surface area (Å²) >= 11 is 25.8. The van der Waals surface area contributed by atoms with E-state index >= 15 is 0 Å². The third-order valence-corrected chi connectivity index (χ3v) is 10.9. The van der Waals surface area contributed by atoms with E-state index in [2.05, 4.69) is 0 Å². The van der Waals surface area contributed by atoms with Crippen LogP contribution in [0.25, 0.3) is 0 Å². The second-order valence-corrected chi connectivity index (χ2v) is 16.0. The minimum absolute atomic E-state index is 0.0278. The SMILES string of the molecule is CS(=O)(=O)N(Cc1ccccc1)c1cc(C(CCl)C(=O)C(CCl)c2ccc(Cl)c(N(Cc3ccccc3)S(C)(=O)=O)c2)ccc1Cl. The average molecular weight is 743 g/mol. The fourth-order valence-electron chi connectivity index (χ4n) is 5.04. The van der Waals surface area contributed by atoms with Crippen LogP contribution in [-0.2, 0) is 37.9 Å². The van der Waals surface area contributed by atoms with Gasteiger partial charge in [0.15, 0.2) is 0 Å². The van der Waals surface area contributed by atoms with Gasteiger partial charge in [-0.05, 0) is 46.5 Å². The maximum atomic E-state index is 14.1. The molecule has 0 N–H and O–H groups in total. The number of rotatable bonds is 14. The smallest absolute Gasteiger partial charge is 0.232 e. The average Bonchev–Trinajstić information content (AvgIpc) is 3.01. The van der Waals surface area contributed by atoms with Gasteiger partial charge in [0.1, 0.15) is 5.78 Å². The molecule has 0 saturated heterocycles. The van der Waals surface area contributed by atoms with Crippen LogP contribution in [0.4, 0.5) is 11.4 Å². The van der Waals surface area contributed by atoms with Crippen LogP contribution >= 0.6 is 46.4 Å². The van der Waals surface area contributed by atoms with Crippen molar-refractivity contribution in [2.45, 2.75) is 24.9 Å². The molecule has 4 aromatic carbocycles. The molecule has 244 valence electrons. The van der Waals surface area contributed by atoms with E-state index in [4.69, 9.17) is 46.4 Å². The number of carbonyl (C=O) groups is 1. The Morgan fingerprint density at radius 1 is 0.609 bits per heavy atom. The van der Waals surface area contributed by atoms with Gasteiger partial charge in [-0.1, -0.05) is 96.0 Å². The molecule has 4 rings (SSSR count). The molecule has 0 bridgehead atoms. The van der Waals surface area contributed by atoms with E-state index in [1.165, 1.54) is 20.7 Å². The van der Waals surface area contributed by atoms with Gasteiger partial charge in [0, 0.05) is 11.8 Å². The number of hydrogen-bond acceptors (Lipinski definition) is 5. The molecular weight excluding hydrogens is 710 g/mol. The summed E-state index contributed by atoms with van der Waals surface area (Å²) < 4.78 is 54.0. The molecule has 0 aromatic heterocycles. The van der Waals surface area contributed by atoms with Crippen LogP contribution in [0.3, 0.4) is 0 Å². The Labute approximate surface area is 290 Å². The van der Waals surface area contributed by atoms with Crippen LogP contribution in [0.2, 0.25) is 10.0 Å². The molecule has 2 unspecified atom stereocenters. The first kappa shape index (κ1) is 36.1. The van der Waals surface area contributed by atoms with Crippen LogP contribution in [0.5, 0.6) is 0 Å². The Morgan fingerprint density at radius 2 is 0.957 bits per heavy atom. The van der Waals surface area contributed by atoms with Gasteiger partial charge in [-0.15, -0.1) is 23.2 Å². The molecule has 0 radical (unpaired) electrons. The highest BCUT2D eigenvalue weighted by molar-refractivity contribution is 7.92. The molecule has 0 fully saturated rings. The quantitative estimate of drug-likeness (QED) is 0.123. The monoisotopic (exact) mass is 740 g/mol. The molecule has 4 aromatic rings. The first-order valence-corrected chi connectivity index (χ1v) is 19.5. The lowest BCUT2D eigenvalue weighted by Crippen LogP contribution is -2.30. The molecule has 0 aliphatic rings. The second kappa shape index (κ2) is 15.4. The number of anilines is 2. The van der Waals surface area contributed by atoms with E-state index < -0.39 is 31.9 Å². The highest BCUT2D eigenvalue weighted by Gasteiger charge is 2.31. The molecule has 0 amide bonds. The van der Waals surface area contributed by atoms with E-state index in [0.29, 0.717) is 11.1 Å². The van der Waals surface area contributed by atoms with Gasteiger partial charge < -0.3 is 0 Å². The van der Waals surface area contributed by atoms with E-state index in [9.17, 15) is 21.6 Å². The van der Waals surface area contributed by atoms with Crippen molar-refractivity contribution in [2.24, 2.45) is 0 Å². The van der Waals surface area contributed by atoms with Crippen molar-refractivity contribution < 1.29 is 21.6 Å². The number of ketones is 1. The minimum Gasteiger partial charge on any atom is -0.298 e. The van der Waals surface area contributed by atoms with Gasteiger partial charge in [0.05, 0.1) is 58.9 Å². The third-order valence-electron chi connectivity index (χ3n) is 7.42. The van der Waals surface area contributed by atoms with Crippen LogP contribution in [0, 0.1) is 0 Å². The van der Waals surface area contributed by atoms with Gasteiger partial charge in [0.25, 0.3) is 0 Å². The van der Waals surface area contributed by atoms with Crippen molar-refractivity contribution in [3.8, 4) is 0 Å². The summed E-state index contributed by atoms with van der Waals surface area (Å²) in [4.78, 5) is 14.1. The zero-order chi connectivity index (χ0) is 33.6. The van der Waals surface area contributed by atoms with Crippen molar-refractivity contribution in [1.29, 1.82) is 0 Å². The first-order valence-electron chi connectivity index (χ1n) is 14.0. The van der Waals surface area contributed by atoms with Crippen molar-refractivity contribution >= 4 is 83.6 Å². The number of nitrogens with zero attached hydrogens (tertiary/aromatic N) is 2. The van der Waals surface area contributed by atoms with E-state index in [0.717, 1.165) is 23.6 Å². The topological polar surface area (TPSA) is 91.8 Å². The Bertz CT molecular complexity index is 1760. The molecule has 0 heterocycles. The van der Waals surface area contributed by atoms with Crippen molar-refractivity contribution in [3.05, 3.63) is 129 Å². The van der Waals surface area contributed by atoms with Gasteiger partial charge in [-0.3, -0.25) is 13.4 Å². The lowest BCUT2D eigenvalue weighted by Gasteiger charge is -2.27. The summed E-state index contributed by atoms with van der Waals surface area (Å²) in [7, 11) is -7.56. The van der Waals surface area contributed by atoms with Gasteiger partial charge in [-0.2, -0.15) is 0 Å². The zero-order valence-corrected chi connectivity index (χ0v) is 29.6. The largest absolute Gasteiger partial charge is 0.298 e. The molecule has 13 heteroatoms. The highest BCUT2D eigenvalue weighted by atomic mass is 35.5. The maximum Gasteiger partial charge on any atom is 0.232 e. The number of sulfonamides is 2. The van der Waals surface area contributed by atoms with Crippen LogP contribution in [0.1, 0.15) is 34.1 Å². The number of halogens is 4. The number of benzene rings is 4. The standard InChI is InChI=1S/C33H32Cl4N2O5S2/c1-45(41,42)38(21-23-9-5-3-6-10-23)31-17-25(13-15-29(31)36)27(19-34)33(40)28(20-35)26-14-16-30(37)32(18-26)39(46(2,43)44)22-24-11-7-4-8-12-24/h3-18,27-28H,19-22H2,1-2H3. The Morgan fingerprint density at radius 3 is 1.26 bits per heavy atom. The van der Waals surface area contributed by atoms with E-state index in [1.54, 1.807) is 72.8 Å². The van der Waals surface area contributed by atoms with Crippen molar-refractivity contribution in [3.63, 3.8) is 0 Å². The minimum atomic E-state index is -3.78. The summed E-state index contributed by atoms with van der Waals surface area (Å²) in [6.07, 6.45) is 2.17. The van der Waals surface area contributed by atoms with Gasteiger partial charge in [0.2, 0.25) is 20.0 Å². The molecule has 0 aliphatic heterocycles. The van der Waals surface area contributed by atoms with Crippen LogP contribution < -0.4 is 8.61 Å². The maximum absolute atomic E-state index is 14.1. The third kappa shape index (κ3) is 8.76. The lowest BCUT2D eigenvalue weighted by atomic mass is 9.85. The molecule has 46 heavy (non-hydrogen) atoms. The lowest BCUT2D eigenvalue weighted by molar-refractivity contribution is -0.121. The van der Waals surface area contributed by atoms with E-state index in [-0.39, 0.29) is 52.1 Å². The van der Waals surface area contributed by atoms with Crippen molar-refractivity contribution in [1.82, 2.24) is 0 Å². The molecule has 2 atom stereocenters. The number of Topliss-reactive ketones (excluding diaryl/α,β-unsaturated/α-hetero) is 1. The van der Waals surface area contributed by atoms with Crippen LogP contribution in [-0.4, -0.2) is 46.9 Å². The molecule has 0 saturated carbocycles. The fraction of sp³-hybridized carbons (Fsp3) is 0.242. The summed E-state index contributed by atoms with van der Waals surface area (Å²) in [5, 5.41) is 0.364. The molecule has 0 aliphatic carbocycles. The Balaban J connectivity index is 1.72. The first-order chi connectivity index (χ1) is 21.7. The van der Waals surface area contributed by atoms with Gasteiger partial charge in [-0.25, -0.2) is 16.8 Å².